The monoisotopic (exact) mass is 505 g/mol. The van der Waals surface area contributed by atoms with E-state index in [0.717, 1.165) is 23.1 Å². The van der Waals surface area contributed by atoms with Gasteiger partial charge in [0.25, 0.3) is 5.91 Å². The number of nitrogens with one attached hydrogen (secondary N) is 1. The maximum Gasteiger partial charge on any atom is 0.490 e. The van der Waals surface area contributed by atoms with Crippen molar-refractivity contribution in [3.05, 3.63) is 36.0 Å². The number of carboxylic acids is 2. The lowest BCUT2D eigenvalue weighted by Crippen LogP contribution is -2.25. The minimum Gasteiger partial charge on any atom is -0.481 e. The first-order valence-electron chi connectivity index (χ1n) is 9.57. The number of rotatable bonds is 11. The second-order valence-electron chi connectivity index (χ2n) is 6.36. The number of benzene rings is 1. The molecular weight excluding hydrogens is 483 g/mol. The predicted molar refractivity (Wildman–Crippen MR) is 120 cm³/mol. The van der Waals surface area contributed by atoms with Crippen LogP contribution in [0.5, 0.6) is 0 Å². The molecule has 0 aliphatic heterocycles. The van der Waals surface area contributed by atoms with Crippen molar-refractivity contribution in [3.63, 3.8) is 0 Å². The highest BCUT2D eigenvalue weighted by Crippen LogP contribution is 2.23. The lowest BCUT2D eigenvalue weighted by Gasteiger charge is -2.04. The van der Waals surface area contributed by atoms with Crippen LogP contribution in [0.3, 0.4) is 0 Å². The third-order valence-electron chi connectivity index (χ3n) is 3.92. The second kappa shape index (κ2) is 14.3. The molecule has 3 N–H and O–H groups in total. The fourth-order valence-electron chi connectivity index (χ4n) is 2.49. The summed E-state index contributed by atoms with van der Waals surface area (Å²) in [6.07, 6.45) is -1.84. The molecule has 1 amide bonds. The maximum absolute atomic E-state index is 12.5. The minimum absolute atomic E-state index is 0.114. The molecule has 2 rings (SSSR count). The van der Waals surface area contributed by atoms with Gasteiger partial charge < -0.3 is 20.1 Å². The molecule has 0 saturated heterocycles. The third kappa shape index (κ3) is 10.5. The summed E-state index contributed by atoms with van der Waals surface area (Å²) in [7, 11) is 3.06. The van der Waals surface area contributed by atoms with Gasteiger partial charge in [0, 0.05) is 48.1 Å². The number of fused-ring (bicyclic) bond motifs is 1. The largest absolute Gasteiger partial charge is 0.490 e. The number of hydrogen-bond acceptors (Lipinski definition) is 6. The molecule has 2 aromatic rings. The lowest BCUT2D eigenvalue weighted by atomic mass is 10.1. The molecule has 180 valence electrons. The fourth-order valence-corrected chi connectivity index (χ4v) is 4.38. The van der Waals surface area contributed by atoms with Crippen molar-refractivity contribution >= 4 is 50.3 Å². The van der Waals surface area contributed by atoms with E-state index in [1.807, 2.05) is 35.0 Å². The van der Waals surface area contributed by atoms with Crippen molar-refractivity contribution in [3.8, 4) is 6.07 Å². The van der Waals surface area contributed by atoms with Gasteiger partial charge in [-0.3, -0.25) is 9.59 Å². The quantitative estimate of drug-likeness (QED) is 0.306. The van der Waals surface area contributed by atoms with E-state index in [0.29, 0.717) is 30.8 Å². The Hall–Kier alpha value is -2.85. The maximum atomic E-state index is 12.5. The summed E-state index contributed by atoms with van der Waals surface area (Å²) in [6, 6.07) is 9.90. The molecule has 0 aliphatic carbocycles. The molecule has 0 saturated carbocycles. The number of nitrogens with zero attached hydrogens (tertiary/aromatic N) is 2. The first-order chi connectivity index (χ1) is 15.6. The van der Waals surface area contributed by atoms with Crippen molar-refractivity contribution in [1.29, 1.82) is 5.26 Å². The van der Waals surface area contributed by atoms with Crippen LogP contribution in [0, 0.1) is 11.3 Å². The summed E-state index contributed by atoms with van der Waals surface area (Å²) in [5.41, 5.74) is 1.63. The van der Waals surface area contributed by atoms with Crippen molar-refractivity contribution in [2.75, 3.05) is 18.1 Å². The predicted octanol–water partition coefficient (Wildman–Crippen LogP) is 4.16. The van der Waals surface area contributed by atoms with E-state index in [2.05, 4.69) is 11.4 Å². The number of carbonyl (C=O) groups excluding carboxylic acids is 1. The summed E-state index contributed by atoms with van der Waals surface area (Å²) >= 11 is 0. The van der Waals surface area contributed by atoms with Gasteiger partial charge in [0.05, 0.1) is 18.1 Å². The molecule has 33 heavy (non-hydrogen) atoms. The summed E-state index contributed by atoms with van der Waals surface area (Å²) in [5, 5.41) is 28.2. The van der Waals surface area contributed by atoms with Crippen LogP contribution in [0.2, 0.25) is 0 Å². The van der Waals surface area contributed by atoms with Crippen LogP contribution >= 0.6 is 21.6 Å². The number of carboxylic acid groups (broad SMARTS) is 2. The van der Waals surface area contributed by atoms with E-state index in [-0.39, 0.29) is 12.3 Å². The van der Waals surface area contributed by atoms with Crippen LogP contribution in [0.15, 0.2) is 30.5 Å². The number of para-hydroxylation sites is 1. The molecule has 13 heteroatoms. The Kier molecular flexibility index (Phi) is 12.2. The number of aliphatic carboxylic acids is 2. The Labute approximate surface area is 195 Å². The van der Waals surface area contributed by atoms with Gasteiger partial charge in [0.15, 0.2) is 0 Å². The van der Waals surface area contributed by atoms with Gasteiger partial charge in [0.1, 0.15) is 0 Å². The molecule has 0 radical (unpaired) electrons. The number of nitriles is 1. The van der Waals surface area contributed by atoms with Gasteiger partial charge in [-0.15, -0.1) is 0 Å². The molecule has 0 spiro atoms. The molecule has 8 nitrogen and oxygen atoms in total. The van der Waals surface area contributed by atoms with Crippen LogP contribution < -0.4 is 5.32 Å². The average Bonchev–Trinajstić information content (AvgIpc) is 3.11. The zero-order valence-electron chi connectivity index (χ0n) is 17.3. The summed E-state index contributed by atoms with van der Waals surface area (Å²) < 4.78 is 33.8. The zero-order valence-corrected chi connectivity index (χ0v) is 18.9. The summed E-state index contributed by atoms with van der Waals surface area (Å²) in [4.78, 5) is 31.8. The van der Waals surface area contributed by atoms with E-state index < -0.39 is 18.1 Å². The Morgan fingerprint density at radius 3 is 2.36 bits per heavy atom. The van der Waals surface area contributed by atoms with Gasteiger partial charge in [0.2, 0.25) is 0 Å². The first-order valence-corrected chi connectivity index (χ1v) is 12.1. The topological polar surface area (TPSA) is 132 Å². The highest BCUT2D eigenvalue weighted by Gasteiger charge is 2.38. The lowest BCUT2D eigenvalue weighted by molar-refractivity contribution is -0.192. The highest BCUT2D eigenvalue weighted by atomic mass is 33.1. The number of alkyl halides is 3. The van der Waals surface area contributed by atoms with E-state index in [4.69, 9.17) is 20.3 Å². The average molecular weight is 506 g/mol. The first kappa shape index (κ1) is 28.2. The molecule has 1 aromatic heterocycles. The van der Waals surface area contributed by atoms with E-state index in [1.165, 1.54) is 10.8 Å². The van der Waals surface area contributed by atoms with Crippen LogP contribution in [0.1, 0.15) is 29.6 Å². The number of aromatic nitrogens is 1. The van der Waals surface area contributed by atoms with Crippen molar-refractivity contribution in [1.82, 2.24) is 9.88 Å². The number of halogens is 3. The van der Waals surface area contributed by atoms with Gasteiger partial charge in [-0.05, 0) is 12.5 Å². The molecule has 1 heterocycles. The molecule has 0 unspecified atom stereocenters. The Bertz CT molecular complexity index is 989. The minimum atomic E-state index is -5.08. The molecule has 1 aromatic carbocycles. The molecule has 0 bridgehead atoms. The Balaban J connectivity index is 0.000000675. The van der Waals surface area contributed by atoms with Crippen molar-refractivity contribution in [2.24, 2.45) is 0 Å². The fraction of sp³-hybridized carbons (Fsp3) is 0.400. The summed E-state index contributed by atoms with van der Waals surface area (Å²) in [6.45, 7) is 1.23. The smallest absolute Gasteiger partial charge is 0.481 e. The molecular formula is C20H22F3N3O5S2. The van der Waals surface area contributed by atoms with E-state index in [9.17, 15) is 22.8 Å². The number of carbonyl (C=O) groups is 3. The number of unbranched alkanes of at least 4 members (excludes halogenated alkanes) is 1. The van der Waals surface area contributed by atoms with Crippen LogP contribution in [-0.4, -0.2) is 56.9 Å². The van der Waals surface area contributed by atoms with Gasteiger partial charge in [-0.2, -0.15) is 18.4 Å². The van der Waals surface area contributed by atoms with Gasteiger partial charge in [-0.1, -0.05) is 39.8 Å². The SMILES string of the molecule is N#CCCCn1cc(C(=O)NCCSSCCC(=O)O)c2ccccc21.O=C(O)C(F)(F)F. The number of hydrogen-bond donors (Lipinski definition) is 3. The Morgan fingerprint density at radius 1 is 1.12 bits per heavy atom. The van der Waals surface area contributed by atoms with Crippen LogP contribution in [0.4, 0.5) is 13.2 Å². The molecule has 0 aliphatic rings. The zero-order chi connectivity index (χ0) is 24.9. The van der Waals surface area contributed by atoms with Crippen molar-refractivity contribution < 1.29 is 37.8 Å². The van der Waals surface area contributed by atoms with E-state index in [1.54, 1.807) is 10.8 Å². The normalized spacial score (nSPS) is 10.7. The van der Waals surface area contributed by atoms with Crippen LogP contribution in [-0.2, 0) is 16.1 Å². The van der Waals surface area contributed by atoms with E-state index >= 15 is 0 Å². The molecule has 0 atom stereocenters. The number of aryl methyl sites for hydroxylation is 1. The third-order valence-corrected chi connectivity index (χ3v) is 6.33. The second-order valence-corrected chi connectivity index (χ2v) is 9.06. The number of amides is 1. The van der Waals surface area contributed by atoms with Gasteiger partial charge in [-0.25, -0.2) is 4.79 Å². The molecule has 0 fully saturated rings. The standard InChI is InChI=1S/C18H21N3O3S2.C2HF3O2/c19-8-3-4-10-21-13-15(14-5-1-2-6-16(14)21)18(24)20-9-12-26-25-11-7-17(22)23;3-2(4,5)1(6)7/h1-2,5-6,13H,3-4,7,9-12H2,(H,20,24)(H,22,23);(H,6,7). The van der Waals surface area contributed by atoms with Gasteiger partial charge >= 0.3 is 18.1 Å². The van der Waals surface area contributed by atoms with Crippen LogP contribution in [0.25, 0.3) is 10.9 Å². The highest BCUT2D eigenvalue weighted by molar-refractivity contribution is 8.76. The summed E-state index contributed by atoms with van der Waals surface area (Å²) in [5.74, 6) is -2.39. The van der Waals surface area contributed by atoms with Crippen molar-refractivity contribution in [2.45, 2.75) is 32.0 Å². The Morgan fingerprint density at radius 2 is 1.76 bits per heavy atom.